The molecule has 2 N–H and O–H groups in total. The highest BCUT2D eigenvalue weighted by Crippen LogP contribution is 2.30. The van der Waals surface area contributed by atoms with Crippen molar-refractivity contribution in [1.82, 2.24) is 5.32 Å². The molecule has 120 valence electrons. The predicted octanol–water partition coefficient (Wildman–Crippen LogP) is 4.51. The van der Waals surface area contributed by atoms with Crippen LogP contribution in [0.2, 0.25) is 0 Å². The van der Waals surface area contributed by atoms with Gasteiger partial charge in [0.2, 0.25) is 0 Å². The fourth-order valence-corrected chi connectivity index (χ4v) is 3.57. The topological polar surface area (TPSA) is 32.3 Å². The molecule has 20 heavy (non-hydrogen) atoms. The van der Waals surface area contributed by atoms with E-state index in [1.807, 2.05) is 0 Å². The third-order valence-corrected chi connectivity index (χ3v) is 5.03. The minimum absolute atomic E-state index is 0.392. The summed E-state index contributed by atoms with van der Waals surface area (Å²) in [6, 6.07) is 0.716. The zero-order valence-electron chi connectivity index (χ0n) is 13.9. The van der Waals surface area contributed by atoms with Crippen molar-refractivity contribution in [2.24, 2.45) is 11.8 Å². The van der Waals surface area contributed by atoms with Gasteiger partial charge in [0.25, 0.3) is 0 Å². The van der Waals surface area contributed by atoms with Crippen molar-refractivity contribution < 1.29 is 5.11 Å². The van der Waals surface area contributed by atoms with E-state index in [1.54, 1.807) is 0 Å². The van der Waals surface area contributed by atoms with E-state index in [-0.39, 0.29) is 0 Å². The average Bonchev–Trinajstić information content (AvgIpc) is 2.92. The zero-order chi connectivity index (χ0) is 14.6. The summed E-state index contributed by atoms with van der Waals surface area (Å²) in [5.74, 6) is 1.29. The van der Waals surface area contributed by atoms with Gasteiger partial charge >= 0.3 is 0 Å². The maximum Gasteiger partial charge on any atom is 0.0462 e. The Morgan fingerprint density at radius 2 is 1.55 bits per heavy atom. The second-order valence-electron chi connectivity index (χ2n) is 6.73. The fourth-order valence-electron chi connectivity index (χ4n) is 3.57. The quantitative estimate of drug-likeness (QED) is 0.516. The van der Waals surface area contributed by atoms with Gasteiger partial charge in [-0.15, -0.1) is 0 Å². The van der Waals surface area contributed by atoms with Crippen molar-refractivity contribution in [2.45, 2.75) is 90.5 Å². The van der Waals surface area contributed by atoms with Crippen LogP contribution in [-0.2, 0) is 0 Å². The molecule has 0 aliphatic heterocycles. The van der Waals surface area contributed by atoms with Gasteiger partial charge < -0.3 is 10.4 Å². The first-order valence-corrected chi connectivity index (χ1v) is 9.16. The first kappa shape index (κ1) is 18.0. The molecule has 0 aromatic rings. The number of aliphatic hydroxyl groups excluding tert-OH is 1. The van der Waals surface area contributed by atoms with Gasteiger partial charge in [-0.05, 0) is 44.1 Å². The minimum Gasteiger partial charge on any atom is -0.396 e. The van der Waals surface area contributed by atoms with Crippen molar-refractivity contribution in [1.29, 1.82) is 0 Å². The van der Waals surface area contributed by atoms with Gasteiger partial charge in [0.1, 0.15) is 0 Å². The summed E-state index contributed by atoms with van der Waals surface area (Å²) in [4.78, 5) is 0. The number of hydrogen-bond acceptors (Lipinski definition) is 2. The molecule has 0 heterocycles. The molecule has 2 atom stereocenters. The molecule has 1 aliphatic carbocycles. The second-order valence-corrected chi connectivity index (χ2v) is 6.73. The molecule has 0 bridgehead atoms. The summed E-state index contributed by atoms with van der Waals surface area (Å²) < 4.78 is 0. The van der Waals surface area contributed by atoms with Gasteiger partial charge in [0.05, 0.1) is 0 Å². The van der Waals surface area contributed by atoms with Crippen LogP contribution in [0.3, 0.4) is 0 Å². The normalized spacial score (nSPS) is 22.8. The summed E-state index contributed by atoms with van der Waals surface area (Å²) in [7, 11) is 0. The lowest BCUT2D eigenvalue weighted by molar-refractivity contribution is 0.189. The summed E-state index contributed by atoms with van der Waals surface area (Å²) >= 11 is 0. The first-order valence-electron chi connectivity index (χ1n) is 9.16. The van der Waals surface area contributed by atoms with E-state index < -0.39 is 0 Å². The standard InChI is InChI=1S/C18H37NO/c1-3-5-7-12-18(13-8-6-4-2)19-14-16-10-9-11-17(16)15-20/h16-20H,3-15H2,1-2H3. The summed E-state index contributed by atoms with van der Waals surface area (Å²) in [6.45, 7) is 6.09. The predicted molar refractivity (Wildman–Crippen MR) is 88.0 cm³/mol. The monoisotopic (exact) mass is 283 g/mol. The number of hydrogen-bond donors (Lipinski definition) is 2. The Kier molecular flexibility index (Phi) is 10.4. The average molecular weight is 284 g/mol. The van der Waals surface area contributed by atoms with Crippen LogP contribution in [0, 0.1) is 11.8 Å². The molecule has 0 aromatic heterocycles. The number of aliphatic hydroxyl groups is 1. The van der Waals surface area contributed by atoms with Gasteiger partial charge in [0.15, 0.2) is 0 Å². The fraction of sp³-hybridized carbons (Fsp3) is 1.00. The molecule has 2 heteroatoms. The van der Waals surface area contributed by atoms with Gasteiger partial charge in [-0.3, -0.25) is 0 Å². The third kappa shape index (κ3) is 7.08. The van der Waals surface area contributed by atoms with Crippen LogP contribution in [0.25, 0.3) is 0 Å². The Morgan fingerprint density at radius 3 is 2.10 bits per heavy atom. The molecule has 0 amide bonds. The van der Waals surface area contributed by atoms with Gasteiger partial charge in [-0.1, -0.05) is 58.8 Å². The largest absolute Gasteiger partial charge is 0.396 e. The molecule has 1 saturated carbocycles. The lowest BCUT2D eigenvalue weighted by Crippen LogP contribution is -2.35. The Balaban J connectivity index is 2.26. The zero-order valence-corrected chi connectivity index (χ0v) is 13.9. The highest BCUT2D eigenvalue weighted by Gasteiger charge is 2.26. The number of nitrogens with one attached hydrogen (secondary N) is 1. The molecule has 1 fully saturated rings. The maximum absolute atomic E-state index is 9.42. The van der Waals surface area contributed by atoms with Crippen LogP contribution in [0.4, 0.5) is 0 Å². The maximum atomic E-state index is 9.42. The Morgan fingerprint density at radius 1 is 0.950 bits per heavy atom. The summed E-state index contributed by atoms with van der Waals surface area (Å²) in [5, 5.41) is 13.3. The molecule has 0 spiro atoms. The minimum atomic E-state index is 0.392. The Bertz CT molecular complexity index is 209. The van der Waals surface area contributed by atoms with E-state index >= 15 is 0 Å². The van der Waals surface area contributed by atoms with Crippen molar-refractivity contribution in [3.63, 3.8) is 0 Å². The van der Waals surface area contributed by atoms with E-state index in [1.165, 1.54) is 70.6 Å². The van der Waals surface area contributed by atoms with Gasteiger partial charge in [-0.2, -0.15) is 0 Å². The van der Waals surface area contributed by atoms with Gasteiger partial charge in [0, 0.05) is 12.6 Å². The number of rotatable bonds is 12. The molecule has 0 saturated heterocycles. The van der Waals surface area contributed by atoms with E-state index in [0.717, 1.165) is 12.5 Å². The highest BCUT2D eigenvalue weighted by molar-refractivity contribution is 4.80. The molecular weight excluding hydrogens is 246 g/mol. The van der Waals surface area contributed by atoms with Crippen LogP contribution >= 0.6 is 0 Å². The van der Waals surface area contributed by atoms with Crippen LogP contribution in [0.1, 0.15) is 84.5 Å². The van der Waals surface area contributed by atoms with Crippen LogP contribution in [-0.4, -0.2) is 24.3 Å². The van der Waals surface area contributed by atoms with E-state index in [0.29, 0.717) is 18.6 Å². The first-order chi connectivity index (χ1) is 9.81. The lowest BCUT2D eigenvalue weighted by Gasteiger charge is -2.24. The molecule has 1 aliphatic rings. The Labute approximate surface area is 126 Å². The van der Waals surface area contributed by atoms with Crippen molar-refractivity contribution in [2.75, 3.05) is 13.2 Å². The third-order valence-electron chi connectivity index (χ3n) is 5.03. The molecule has 1 rings (SSSR count). The van der Waals surface area contributed by atoms with E-state index in [2.05, 4.69) is 19.2 Å². The van der Waals surface area contributed by atoms with E-state index in [9.17, 15) is 5.11 Å². The number of unbranched alkanes of at least 4 members (excludes halogenated alkanes) is 4. The highest BCUT2D eigenvalue weighted by atomic mass is 16.3. The van der Waals surface area contributed by atoms with Crippen LogP contribution in [0.15, 0.2) is 0 Å². The molecule has 2 unspecified atom stereocenters. The van der Waals surface area contributed by atoms with Crippen LogP contribution < -0.4 is 5.32 Å². The van der Waals surface area contributed by atoms with E-state index in [4.69, 9.17) is 0 Å². The molecule has 0 aromatic carbocycles. The smallest absolute Gasteiger partial charge is 0.0462 e. The lowest BCUT2D eigenvalue weighted by atomic mass is 9.95. The SMILES string of the molecule is CCCCCC(CCCCC)NCC1CCCC1CO. The van der Waals surface area contributed by atoms with Gasteiger partial charge in [-0.25, -0.2) is 0 Å². The molecule has 0 radical (unpaired) electrons. The molecular formula is C18H37NO. The van der Waals surface area contributed by atoms with Crippen molar-refractivity contribution in [3.8, 4) is 0 Å². The van der Waals surface area contributed by atoms with Crippen molar-refractivity contribution >= 4 is 0 Å². The van der Waals surface area contributed by atoms with Crippen LogP contribution in [0.5, 0.6) is 0 Å². The summed E-state index contributed by atoms with van der Waals surface area (Å²) in [5.41, 5.74) is 0. The summed E-state index contributed by atoms with van der Waals surface area (Å²) in [6.07, 6.45) is 14.7. The molecule has 2 nitrogen and oxygen atoms in total. The second kappa shape index (κ2) is 11.6. The van der Waals surface area contributed by atoms with Crippen molar-refractivity contribution in [3.05, 3.63) is 0 Å². The Hall–Kier alpha value is -0.0800.